The van der Waals surface area contributed by atoms with E-state index in [0.717, 1.165) is 12.0 Å². The Kier molecular flexibility index (Phi) is 4.98. The summed E-state index contributed by atoms with van der Waals surface area (Å²) >= 11 is 0. The molecule has 0 aromatic heterocycles. The van der Waals surface area contributed by atoms with Crippen molar-refractivity contribution in [3.63, 3.8) is 0 Å². The fraction of sp³-hybridized carbons (Fsp3) is 0.400. The zero-order chi connectivity index (χ0) is 22.6. The van der Waals surface area contributed by atoms with Crippen LogP contribution in [0.15, 0.2) is 42.5 Å². The Balaban J connectivity index is 1.24. The number of nitrogens with zero attached hydrogens (tertiary/aromatic N) is 1. The lowest BCUT2D eigenvalue weighted by molar-refractivity contribution is -0.124. The molecule has 164 valence electrons. The fourth-order valence-corrected chi connectivity index (χ4v) is 5.93. The first-order chi connectivity index (χ1) is 15.4. The molecule has 4 N–H and O–H groups in total. The first kappa shape index (κ1) is 20.7. The van der Waals surface area contributed by atoms with Crippen LogP contribution in [-0.4, -0.2) is 29.9 Å². The van der Waals surface area contributed by atoms with Crippen LogP contribution >= 0.6 is 0 Å². The summed E-state index contributed by atoms with van der Waals surface area (Å²) in [5.41, 5.74) is 7.41. The van der Waals surface area contributed by atoms with E-state index in [0.29, 0.717) is 46.4 Å². The van der Waals surface area contributed by atoms with Gasteiger partial charge >= 0.3 is 0 Å². The molecule has 2 saturated carbocycles. The molecule has 6 nitrogen and oxygen atoms in total. The minimum atomic E-state index is -0.800. The topological polar surface area (TPSA) is 108 Å². The summed E-state index contributed by atoms with van der Waals surface area (Å²) in [5, 5.41) is 15.8. The van der Waals surface area contributed by atoms with Crippen LogP contribution < -0.4 is 16.4 Å². The number of nitrogens with two attached hydrogens (primary N) is 1. The monoisotopic (exact) mass is 432 g/mol. The van der Waals surface area contributed by atoms with Crippen molar-refractivity contribution in [3.05, 3.63) is 59.4 Å². The standard InChI is InChI=1S/C25H25FN4O2/c1-12-21-18-10-20(22(12)21)30-23(18)25(32)29-17(11-27)8-16-7-6-15(9-19(16)26)13-2-4-14(5-3-13)24(28)31/h2-7,9,12,17-18,20-23,30H,8,10H2,1H3,(H2,28,31)(H,29,32)/t12-,17-,18?,20?,21?,22?,23?/m0/s1. The number of hydrogen-bond donors (Lipinski definition) is 3. The molecule has 2 amide bonds. The van der Waals surface area contributed by atoms with Crippen molar-refractivity contribution < 1.29 is 14.0 Å². The highest BCUT2D eigenvalue weighted by molar-refractivity contribution is 5.93. The van der Waals surface area contributed by atoms with Gasteiger partial charge in [-0.05, 0) is 65.0 Å². The molecule has 3 aliphatic rings. The van der Waals surface area contributed by atoms with Gasteiger partial charge < -0.3 is 16.4 Å². The van der Waals surface area contributed by atoms with E-state index in [9.17, 15) is 19.2 Å². The number of nitriles is 1. The van der Waals surface area contributed by atoms with Crippen molar-refractivity contribution in [1.29, 1.82) is 5.26 Å². The lowest BCUT2D eigenvalue weighted by Crippen LogP contribution is -2.51. The summed E-state index contributed by atoms with van der Waals surface area (Å²) in [6.07, 6.45) is 1.13. The molecule has 2 bridgehead atoms. The number of nitrogens with one attached hydrogen (secondary N) is 2. The lowest BCUT2D eigenvalue weighted by Gasteiger charge is -2.23. The van der Waals surface area contributed by atoms with Gasteiger partial charge in [0.2, 0.25) is 11.8 Å². The van der Waals surface area contributed by atoms with E-state index in [-0.39, 0.29) is 18.4 Å². The molecular weight excluding hydrogens is 407 g/mol. The van der Waals surface area contributed by atoms with Crippen LogP contribution in [0.4, 0.5) is 4.39 Å². The molecule has 3 fully saturated rings. The molecule has 2 aromatic rings. The van der Waals surface area contributed by atoms with Gasteiger partial charge in [-0.3, -0.25) is 9.59 Å². The summed E-state index contributed by atoms with van der Waals surface area (Å²) in [6.45, 7) is 2.24. The molecule has 32 heavy (non-hydrogen) atoms. The molecule has 7 heteroatoms. The molecule has 5 rings (SSSR count). The minimum absolute atomic E-state index is 0.0955. The Morgan fingerprint density at radius 3 is 2.56 bits per heavy atom. The van der Waals surface area contributed by atoms with Crippen LogP contribution in [0.5, 0.6) is 0 Å². The molecule has 0 radical (unpaired) electrons. The Labute approximate surface area is 186 Å². The Hall–Kier alpha value is -3.24. The second-order valence-corrected chi connectivity index (χ2v) is 9.31. The largest absolute Gasteiger partial charge is 0.366 e. The molecule has 1 heterocycles. The highest BCUT2D eigenvalue weighted by Crippen LogP contribution is 2.64. The Morgan fingerprint density at radius 1 is 1.22 bits per heavy atom. The van der Waals surface area contributed by atoms with Crippen molar-refractivity contribution in [2.75, 3.05) is 0 Å². The normalized spacial score (nSPS) is 30.3. The van der Waals surface area contributed by atoms with Crippen LogP contribution in [0, 0.1) is 40.8 Å². The van der Waals surface area contributed by atoms with Crippen LogP contribution in [0.3, 0.4) is 0 Å². The third-order valence-electron chi connectivity index (χ3n) is 7.56. The van der Waals surface area contributed by atoms with Gasteiger partial charge in [-0.25, -0.2) is 4.39 Å². The number of benzene rings is 2. The maximum atomic E-state index is 14.8. The van der Waals surface area contributed by atoms with Gasteiger partial charge in [0, 0.05) is 18.0 Å². The third-order valence-corrected chi connectivity index (χ3v) is 7.56. The third kappa shape index (κ3) is 3.45. The molecule has 1 saturated heterocycles. The van der Waals surface area contributed by atoms with E-state index in [4.69, 9.17) is 5.73 Å². The smallest absolute Gasteiger partial charge is 0.248 e. The minimum Gasteiger partial charge on any atom is -0.366 e. The number of carbonyl (C=O) groups excluding carboxylic acids is 2. The van der Waals surface area contributed by atoms with Crippen molar-refractivity contribution in [2.45, 2.75) is 37.9 Å². The Bertz CT molecular complexity index is 1120. The van der Waals surface area contributed by atoms with Gasteiger partial charge in [0.05, 0.1) is 12.1 Å². The van der Waals surface area contributed by atoms with Crippen LogP contribution in [-0.2, 0) is 11.2 Å². The SMILES string of the molecule is C[C@@H]1C2C3CC(C(C(=O)N[C@H](C#N)Cc4ccc(-c5ccc(C(N)=O)cc5)cc4F)N3)C21. The molecule has 0 spiro atoms. The van der Waals surface area contributed by atoms with Crippen molar-refractivity contribution in [3.8, 4) is 17.2 Å². The fourth-order valence-electron chi connectivity index (χ4n) is 5.93. The number of piperidine rings is 1. The highest BCUT2D eigenvalue weighted by Gasteiger charge is 2.67. The van der Waals surface area contributed by atoms with Crippen LogP contribution in [0.25, 0.3) is 11.1 Å². The van der Waals surface area contributed by atoms with E-state index >= 15 is 0 Å². The molecule has 5 unspecified atom stereocenters. The highest BCUT2D eigenvalue weighted by atomic mass is 19.1. The van der Waals surface area contributed by atoms with Gasteiger partial charge in [0.25, 0.3) is 0 Å². The maximum absolute atomic E-state index is 14.8. The number of fused-ring (bicyclic) bond motifs is 5. The molecule has 1 aliphatic heterocycles. The van der Waals surface area contributed by atoms with Crippen molar-refractivity contribution in [2.24, 2.45) is 29.4 Å². The summed E-state index contributed by atoms with van der Waals surface area (Å²) in [7, 11) is 0. The van der Waals surface area contributed by atoms with Crippen molar-refractivity contribution in [1.82, 2.24) is 10.6 Å². The molecular formula is C25H25FN4O2. The Morgan fingerprint density at radius 2 is 1.94 bits per heavy atom. The summed E-state index contributed by atoms with van der Waals surface area (Å²) in [4.78, 5) is 24.0. The number of carbonyl (C=O) groups is 2. The zero-order valence-corrected chi connectivity index (χ0v) is 17.7. The molecule has 2 aliphatic carbocycles. The van der Waals surface area contributed by atoms with Gasteiger partial charge in [-0.1, -0.05) is 31.2 Å². The summed E-state index contributed by atoms with van der Waals surface area (Å²) < 4.78 is 14.8. The molecule has 2 aromatic carbocycles. The van der Waals surface area contributed by atoms with E-state index < -0.39 is 17.8 Å². The number of primary amides is 1. The quantitative estimate of drug-likeness (QED) is 0.651. The van der Waals surface area contributed by atoms with Crippen LogP contribution in [0.1, 0.15) is 29.3 Å². The van der Waals surface area contributed by atoms with E-state index in [2.05, 4.69) is 23.6 Å². The molecule has 7 atom stereocenters. The first-order valence-corrected chi connectivity index (χ1v) is 11.0. The summed E-state index contributed by atoms with van der Waals surface area (Å²) in [5.74, 6) is 1.23. The number of halogens is 1. The second kappa shape index (κ2) is 7.72. The van der Waals surface area contributed by atoms with E-state index in [1.165, 1.54) is 6.07 Å². The average Bonchev–Trinajstić information content (AvgIpc) is 3.13. The number of amides is 2. The van der Waals surface area contributed by atoms with E-state index in [1.807, 2.05) is 0 Å². The second-order valence-electron chi connectivity index (χ2n) is 9.31. The van der Waals surface area contributed by atoms with Gasteiger partial charge in [0.1, 0.15) is 11.9 Å². The van der Waals surface area contributed by atoms with Gasteiger partial charge in [-0.2, -0.15) is 5.26 Å². The first-order valence-electron chi connectivity index (χ1n) is 11.0. The maximum Gasteiger partial charge on any atom is 0.248 e. The lowest BCUT2D eigenvalue weighted by atomic mass is 9.94. The zero-order valence-electron chi connectivity index (χ0n) is 17.7. The predicted molar refractivity (Wildman–Crippen MR) is 117 cm³/mol. The van der Waals surface area contributed by atoms with Gasteiger partial charge in [0.15, 0.2) is 0 Å². The average molecular weight is 432 g/mol. The van der Waals surface area contributed by atoms with E-state index in [1.54, 1.807) is 36.4 Å². The van der Waals surface area contributed by atoms with Gasteiger partial charge in [-0.15, -0.1) is 0 Å². The number of hydrogen-bond acceptors (Lipinski definition) is 4. The summed E-state index contributed by atoms with van der Waals surface area (Å²) in [6, 6.07) is 12.9. The van der Waals surface area contributed by atoms with Crippen LogP contribution in [0.2, 0.25) is 0 Å². The predicted octanol–water partition coefficient (Wildman–Crippen LogP) is 2.38. The number of rotatable bonds is 6. The van der Waals surface area contributed by atoms with Crippen molar-refractivity contribution >= 4 is 11.8 Å².